The van der Waals surface area contributed by atoms with E-state index in [2.05, 4.69) is 12.2 Å². The summed E-state index contributed by atoms with van der Waals surface area (Å²) in [5.41, 5.74) is 0. The maximum atomic E-state index is 11.4. The quantitative estimate of drug-likeness (QED) is 0.141. The number of hydrogen-bond donors (Lipinski definition) is 1. The van der Waals surface area contributed by atoms with Gasteiger partial charge < -0.3 is 9.84 Å². The molecule has 1 fully saturated rings. The summed E-state index contributed by atoms with van der Waals surface area (Å²) in [6, 6.07) is 5.63. The first-order valence-corrected chi connectivity index (χ1v) is 11.7. The summed E-state index contributed by atoms with van der Waals surface area (Å²) in [5.74, 6) is 1.70. The van der Waals surface area contributed by atoms with Crippen LogP contribution in [0.4, 0.5) is 0 Å². The molecule has 0 aliphatic heterocycles. The van der Waals surface area contributed by atoms with Gasteiger partial charge in [-0.15, -0.1) is 11.8 Å². The Morgan fingerprint density at radius 2 is 2.04 bits per heavy atom. The Balaban J connectivity index is 1.73. The summed E-state index contributed by atoms with van der Waals surface area (Å²) in [5, 5.41) is 9.93. The Bertz CT molecular complexity index is 674. The number of halogens is 2. The van der Waals surface area contributed by atoms with Crippen LogP contribution in [-0.4, -0.2) is 34.9 Å². The van der Waals surface area contributed by atoms with Crippen LogP contribution in [0.1, 0.15) is 38.5 Å². The van der Waals surface area contributed by atoms with Crippen LogP contribution in [0.3, 0.4) is 0 Å². The number of esters is 1. The first kappa shape index (κ1) is 23.7. The van der Waals surface area contributed by atoms with Crippen LogP contribution >= 0.6 is 47.2 Å². The predicted molar refractivity (Wildman–Crippen MR) is 122 cm³/mol. The average Bonchev–Trinajstić information content (AvgIpc) is 3.00. The number of carbonyl (C=O) groups excluding carboxylic acids is 1. The fourth-order valence-corrected chi connectivity index (χ4v) is 5.69. The second-order valence-corrected chi connectivity index (χ2v) is 9.32. The van der Waals surface area contributed by atoms with Crippen molar-refractivity contribution in [1.82, 2.24) is 0 Å². The van der Waals surface area contributed by atoms with Crippen molar-refractivity contribution in [3.05, 3.63) is 40.4 Å². The van der Waals surface area contributed by atoms with Crippen LogP contribution in [0.15, 0.2) is 35.2 Å². The van der Waals surface area contributed by atoms with E-state index in [1.165, 1.54) is 4.86 Å². The lowest BCUT2D eigenvalue weighted by atomic mass is 9.94. The molecule has 2 rings (SSSR count). The van der Waals surface area contributed by atoms with Gasteiger partial charge in [-0.3, -0.25) is 4.79 Å². The highest BCUT2D eigenvalue weighted by Gasteiger charge is 2.30. The van der Waals surface area contributed by atoms with Gasteiger partial charge in [-0.2, -0.15) is 0 Å². The summed E-state index contributed by atoms with van der Waals surface area (Å²) in [6.45, 7) is -0.0459. The molecule has 0 radical (unpaired) electrons. The zero-order valence-electron chi connectivity index (χ0n) is 15.7. The number of aliphatic hydroxyl groups excluding tert-OH is 1. The third-order valence-electron chi connectivity index (χ3n) is 4.72. The number of thioether (sulfide) groups is 1. The molecule has 7 heteroatoms. The van der Waals surface area contributed by atoms with E-state index >= 15 is 0 Å². The lowest BCUT2D eigenvalue weighted by Gasteiger charge is -2.18. The molecule has 154 valence electrons. The summed E-state index contributed by atoms with van der Waals surface area (Å²) < 4.78 is 4.84. The molecule has 28 heavy (non-hydrogen) atoms. The Hall–Kier alpha value is -0.590. The van der Waals surface area contributed by atoms with Crippen molar-refractivity contribution in [2.75, 3.05) is 19.0 Å². The molecule has 0 unspecified atom stereocenters. The van der Waals surface area contributed by atoms with Crippen molar-refractivity contribution in [1.29, 1.82) is 0 Å². The smallest absolute Gasteiger partial charge is 0.305 e. The summed E-state index contributed by atoms with van der Waals surface area (Å²) in [6.07, 6.45) is 9.53. The first-order chi connectivity index (χ1) is 13.5. The minimum Gasteiger partial charge on any atom is -0.463 e. The number of thiocarbonyl (C=S) groups is 1. The molecular weight excluding hydrogens is 435 g/mol. The van der Waals surface area contributed by atoms with Crippen molar-refractivity contribution < 1.29 is 14.6 Å². The number of unbranched alkanes of at least 4 members (excludes halogenated alkanes) is 1. The van der Waals surface area contributed by atoms with E-state index in [0.29, 0.717) is 28.3 Å². The minimum atomic E-state index is -0.248. The third-order valence-corrected chi connectivity index (χ3v) is 6.76. The monoisotopic (exact) mass is 460 g/mol. The molecule has 3 nitrogen and oxygen atoms in total. The van der Waals surface area contributed by atoms with Crippen LogP contribution in [0.2, 0.25) is 10.0 Å². The van der Waals surface area contributed by atoms with Gasteiger partial charge in [-0.25, -0.2) is 0 Å². The van der Waals surface area contributed by atoms with E-state index < -0.39 is 0 Å². The lowest BCUT2D eigenvalue weighted by molar-refractivity contribution is -0.144. The number of carbonyl (C=O) groups is 1. The van der Waals surface area contributed by atoms with E-state index in [1.807, 2.05) is 12.1 Å². The van der Waals surface area contributed by atoms with Crippen molar-refractivity contribution in [2.45, 2.75) is 43.4 Å². The number of aliphatic hydroxyl groups is 1. The molecule has 0 aromatic heterocycles. The topological polar surface area (TPSA) is 46.5 Å². The molecule has 1 saturated carbocycles. The van der Waals surface area contributed by atoms with E-state index in [4.69, 9.17) is 45.3 Å². The minimum absolute atomic E-state index is 0.0804. The molecule has 0 spiro atoms. The molecule has 0 heterocycles. The van der Waals surface area contributed by atoms with Crippen LogP contribution < -0.4 is 0 Å². The highest BCUT2D eigenvalue weighted by atomic mass is 35.5. The second-order valence-electron chi connectivity index (χ2n) is 6.83. The van der Waals surface area contributed by atoms with Crippen LogP contribution in [0.25, 0.3) is 0 Å². The zero-order chi connectivity index (χ0) is 20.4. The lowest BCUT2D eigenvalue weighted by Crippen LogP contribution is -2.15. The Kier molecular flexibility index (Phi) is 10.9. The summed E-state index contributed by atoms with van der Waals surface area (Å²) in [7, 11) is 0. The van der Waals surface area contributed by atoms with E-state index in [0.717, 1.165) is 42.8 Å². The molecule has 1 N–H and O–H groups in total. The Labute approximate surface area is 186 Å². The first-order valence-electron chi connectivity index (χ1n) is 9.52. The molecular formula is C21H26Cl2O3S2. The molecule has 1 aromatic rings. The second kappa shape index (κ2) is 12.9. The van der Waals surface area contributed by atoms with Gasteiger partial charge in [0.05, 0.1) is 6.61 Å². The largest absolute Gasteiger partial charge is 0.463 e. The summed E-state index contributed by atoms with van der Waals surface area (Å²) in [4.78, 5) is 13.6. The van der Waals surface area contributed by atoms with Gasteiger partial charge in [0.15, 0.2) is 0 Å². The number of hydrogen-bond acceptors (Lipinski definition) is 5. The fourth-order valence-electron chi connectivity index (χ4n) is 3.27. The number of allylic oxidation sites excluding steroid dienone is 2. The normalized spacial score (nSPS) is 19.5. The number of benzene rings is 1. The third kappa shape index (κ3) is 8.42. The van der Waals surface area contributed by atoms with Crippen LogP contribution in [-0.2, 0) is 9.53 Å². The fraction of sp³-hybridized carbons (Fsp3) is 0.524. The maximum Gasteiger partial charge on any atom is 0.305 e. The summed E-state index contributed by atoms with van der Waals surface area (Å²) >= 11 is 19.5. The number of rotatable bonds is 11. The van der Waals surface area contributed by atoms with Crippen molar-refractivity contribution in [3.8, 4) is 0 Å². The van der Waals surface area contributed by atoms with Crippen molar-refractivity contribution in [3.63, 3.8) is 0 Å². The standard InChI is InChI=1S/C21H26Cl2O3S2/c22-16-11-17(23)13-18(12-16)28-14-19-15(7-8-20(19)27)5-3-1-2-4-6-21(25)26-10-9-24/h1,3,11-13,15,19,24H,2,4-10,14H2/t15-,19+/m0/s1. The molecule has 1 aromatic carbocycles. The molecule has 0 amide bonds. The predicted octanol–water partition coefficient (Wildman–Crippen LogP) is 6.13. The van der Waals surface area contributed by atoms with Gasteiger partial charge in [0.25, 0.3) is 0 Å². The molecule has 0 saturated heterocycles. The average molecular weight is 461 g/mol. The van der Waals surface area contributed by atoms with Crippen LogP contribution in [0.5, 0.6) is 0 Å². The highest BCUT2D eigenvalue weighted by molar-refractivity contribution is 7.99. The molecule has 1 aliphatic rings. The van der Waals surface area contributed by atoms with E-state index in [9.17, 15) is 4.79 Å². The Morgan fingerprint density at radius 1 is 1.29 bits per heavy atom. The zero-order valence-corrected chi connectivity index (χ0v) is 18.9. The van der Waals surface area contributed by atoms with E-state index in [-0.39, 0.29) is 19.2 Å². The van der Waals surface area contributed by atoms with Crippen molar-refractivity contribution >= 4 is 58.0 Å². The van der Waals surface area contributed by atoms with Gasteiger partial charge in [0, 0.05) is 33.0 Å². The van der Waals surface area contributed by atoms with Gasteiger partial charge in [0.2, 0.25) is 0 Å². The SMILES string of the molecule is O=C(CCCC=CC[C@H]1CCC(=S)[C@@H]1CSc1cc(Cl)cc(Cl)c1)OCCO. The number of ether oxygens (including phenoxy) is 1. The van der Waals surface area contributed by atoms with Gasteiger partial charge in [0.1, 0.15) is 6.61 Å². The Morgan fingerprint density at radius 3 is 2.75 bits per heavy atom. The molecule has 1 aliphatic carbocycles. The molecule has 0 bridgehead atoms. The molecule has 2 atom stereocenters. The van der Waals surface area contributed by atoms with Crippen LogP contribution in [0, 0.1) is 11.8 Å². The maximum absolute atomic E-state index is 11.4. The van der Waals surface area contributed by atoms with Gasteiger partial charge in [-0.1, -0.05) is 47.6 Å². The van der Waals surface area contributed by atoms with Gasteiger partial charge in [-0.05, 0) is 61.1 Å². The highest BCUT2D eigenvalue weighted by Crippen LogP contribution is 2.37. The van der Waals surface area contributed by atoms with E-state index in [1.54, 1.807) is 17.8 Å². The van der Waals surface area contributed by atoms with Gasteiger partial charge >= 0.3 is 5.97 Å². The van der Waals surface area contributed by atoms with Crippen molar-refractivity contribution in [2.24, 2.45) is 11.8 Å².